The number of ether oxygens (including phenoxy) is 1. The molecular formula is C17H24N2O3. The highest BCUT2D eigenvalue weighted by atomic mass is 16.5. The van der Waals surface area contributed by atoms with Crippen LogP contribution in [0.1, 0.15) is 32.6 Å². The maximum absolute atomic E-state index is 11.8. The van der Waals surface area contributed by atoms with Gasteiger partial charge >= 0.3 is 0 Å². The van der Waals surface area contributed by atoms with Gasteiger partial charge in [-0.1, -0.05) is 12.1 Å². The minimum atomic E-state index is -0.0223. The Morgan fingerprint density at radius 1 is 1.23 bits per heavy atom. The van der Waals surface area contributed by atoms with Crippen LogP contribution in [0.2, 0.25) is 0 Å². The van der Waals surface area contributed by atoms with E-state index < -0.39 is 0 Å². The van der Waals surface area contributed by atoms with Gasteiger partial charge in [0.1, 0.15) is 11.5 Å². The first-order valence-electron chi connectivity index (χ1n) is 7.77. The van der Waals surface area contributed by atoms with E-state index in [2.05, 4.69) is 16.3 Å². The first-order chi connectivity index (χ1) is 10.6. The molecule has 1 amide bonds. The number of anilines is 1. The largest absolute Gasteiger partial charge is 0.495 e. The number of ketones is 1. The lowest BCUT2D eigenvalue weighted by Crippen LogP contribution is -2.44. The summed E-state index contributed by atoms with van der Waals surface area (Å²) in [5.41, 5.74) is 1.10. The van der Waals surface area contributed by atoms with Crippen LogP contribution in [0, 0.1) is 0 Å². The molecule has 0 bridgehead atoms. The lowest BCUT2D eigenvalue weighted by atomic mass is 10.0. The number of carbonyl (C=O) groups is 2. The summed E-state index contributed by atoms with van der Waals surface area (Å²) in [4.78, 5) is 25.0. The van der Waals surface area contributed by atoms with Crippen LogP contribution in [0.5, 0.6) is 5.75 Å². The lowest BCUT2D eigenvalue weighted by Gasteiger charge is -2.34. The Hall–Kier alpha value is -2.04. The fourth-order valence-corrected chi connectivity index (χ4v) is 2.75. The number of nitrogens with one attached hydrogen (secondary N) is 1. The van der Waals surface area contributed by atoms with Crippen molar-refractivity contribution in [2.24, 2.45) is 0 Å². The quantitative estimate of drug-likeness (QED) is 0.875. The summed E-state index contributed by atoms with van der Waals surface area (Å²) in [5.74, 6) is 0.915. The zero-order valence-electron chi connectivity index (χ0n) is 13.3. The second kappa shape index (κ2) is 7.82. The monoisotopic (exact) mass is 304 g/mol. The Labute approximate surface area is 131 Å². The minimum absolute atomic E-state index is 0.0223. The van der Waals surface area contributed by atoms with Crippen molar-refractivity contribution in [3.05, 3.63) is 24.3 Å². The van der Waals surface area contributed by atoms with Crippen LogP contribution >= 0.6 is 0 Å². The standard InChI is InChI=1S/C17H24N2O3/c1-13(20)7-8-17(21)18-14-9-11-19(12-10-14)15-5-3-4-6-16(15)22-2/h3-6,14H,7-12H2,1-2H3,(H,18,21). The van der Waals surface area contributed by atoms with Crippen molar-refractivity contribution >= 4 is 17.4 Å². The van der Waals surface area contributed by atoms with Crippen molar-refractivity contribution in [2.75, 3.05) is 25.1 Å². The van der Waals surface area contributed by atoms with Crippen molar-refractivity contribution < 1.29 is 14.3 Å². The van der Waals surface area contributed by atoms with E-state index in [-0.39, 0.29) is 17.7 Å². The number of para-hydroxylation sites is 2. The summed E-state index contributed by atoms with van der Waals surface area (Å²) in [6.07, 6.45) is 2.43. The van der Waals surface area contributed by atoms with Gasteiger partial charge in [0.05, 0.1) is 12.8 Å². The van der Waals surface area contributed by atoms with E-state index in [4.69, 9.17) is 4.74 Å². The zero-order valence-corrected chi connectivity index (χ0v) is 13.3. The van der Waals surface area contributed by atoms with Crippen LogP contribution in [0.4, 0.5) is 5.69 Å². The summed E-state index contributed by atoms with van der Waals surface area (Å²) in [5, 5.41) is 3.03. The fourth-order valence-electron chi connectivity index (χ4n) is 2.75. The normalized spacial score (nSPS) is 15.5. The highest BCUT2D eigenvalue weighted by Gasteiger charge is 2.22. The van der Waals surface area contributed by atoms with Crippen molar-refractivity contribution in [3.8, 4) is 5.75 Å². The molecule has 1 heterocycles. The number of carbonyl (C=O) groups excluding carboxylic acids is 2. The number of Topliss-reactive ketones (excluding diaryl/α,β-unsaturated/α-hetero) is 1. The van der Waals surface area contributed by atoms with Crippen LogP contribution in [-0.4, -0.2) is 37.9 Å². The molecule has 2 rings (SSSR count). The van der Waals surface area contributed by atoms with Crippen LogP contribution in [-0.2, 0) is 9.59 Å². The topological polar surface area (TPSA) is 58.6 Å². The first-order valence-corrected chi connectivity index (χ1v) is 7.77. The molecule has 0 unspecified atom stereocenters. The smallest absolute Gasteiger partial charge is 0.220 e. The van der Waals surface area contributed by atoms with Gasteiger partial charge in [-0.15, -0.1) is 0 Å². The van der Waals surface area contributed by atoms with Crippen molar-refractivity contribution in [3.63, 3.8) is 0 Å². The average Bonchev–Trinajstić information content (AvgIpc) is 2.53. The van der Waals surface area contributed by atoms with Gasteiger partial charge in [-0.05, 0) is 31.9 Å². The molecule has 120 valence electrons. The van der Waals surface area contributed by atoms with Crippen LogP contribution in [0.25, 0.3) is 0 Å². The molecule has 5 nitrogen and oxygen atoms in total. The number of hydrogen-bond acceptors (Lipinski definition) is 4. The van der Waals surface area contributed by atoms with E-state index in [0.717, 1.165) is 37.4 Å². The first kappa shape index (κ1) is 16.3. The molecule has 1 fully saturated rings. The summed E-state index contributed by atoms with van der Waals surface area (Å²) in [6.45, 7) is 3.29. The van der Waals surface area contributed by atoms with Gasteiger partial charge in [0, 0.05) is 32.0 Å². The van der Waals surface area contributed by atoms with Gasteiger partial charge in [-0.2, -0.15) is 0 Å². The number of amides is 1. The number of rotatable bonds is 6. The molecule has 1 aliphatic heterocycles. The number of hydrogen-bond donors (Lipinski definition) is 1. The fraction of sp³-hybridized carbons (Fsp3) is 0.529. The molecule has 1 N–H and O–H groups in total. The molecule has 0 radical (unpaired) electrons. The van der Waals surface area contributed by atoms with E-state index in [1.54, 1.807) is 7.11 Å². The maximum atomic E-state index is 11.8. The predicted molar refractivity (Wildman–Crippen MR) is 86.3 cm³/mol. The van der Waals surface area contributed by atoms with Gasteiger partial charge in [0.15, 0.2) is 0 Å². The summed E-state index contributed by atoms with van der Waals surface area (Å²) < 4.78 is 5.40. The number of piperidine rings is 1. The SMILES string of the molecule is COc1ccccc1N1CCC(NC(=O)CCC(C)=O)CC1. The third-order valence-electron chi connectivity index (χ3n) is 3.99. The number of nitrogens with zero attached hydrogens (tertiary/aromatic N) is 1. The second-order valence-electron chi connectivity index (χ2n) is 5.70. The highest BCUT2D eigenvalue weighted by Crippen LogP contribution is 2.29. The maximum Gasteiger partial charge on any atom is 0.220 e. The molecule has 0 aliphatic carbocycles. The van der Waals surface area contributed by atoms with Gasteiger partial charge in [-0.3, -0.25) is 4.79 Å². The van der Waals surface area contributed by atoms with Gasteiger partial charge in [0.2, 0.25) is 5.91 Å². The Balaban J connectivity index is 1.83. The third-order valence-corrected chi connectivity index (χ3v) is 3.99. The second-order valence-corrected chi connectivity index (χ2v) is 5.70. The predicted octanol–water partition coefficient (Wildman–Crippen LogP) is 2.15. The van der Waals surface area contributed by atoms with Crippen molar-refractivity contribution in [1.29, 1.82) is 0 Å². The average molecular weight is 304 g/mol. The highest BCUT2D eigenvalue weighted by molar-refractivity contribution is 5.83. The van der Waals surface area contributed by atoms with Crippen LogP contribution in [0.15, 0.2) is 24.3 Å². The molecule has 1 aromatic rings. The van der Waals surface area contributed by atoms with Gasteiger partial charge in [-0.25, -0.2) is 0 Å². The molecule has 0 aromatic heterocycles. The Kier molecular flexibility index (Phi) is 5.81. The molecule has 0 atom stereocenters. The minimum Gasteiger partial charge on any atom is -0.495 e. The van der Waals surface area contributed by atoms with E-state index >= 15 is 0 Å². The van der Waals surface area contributed by atoms with E-state index in [0.29, 0.717) is 12.8 Å². The van der Waals surface area contributed by atoms with E-state index in [9.17, 15) is 9.59 Å². The molecule has 0 spiro atoms. The summed E-state index contributed by atoms with van der Waals surface area (Å²) >= 11 is 0. The summed E-state index contributed by atoms with van der Waals surface area (Å²) in [6, 6.07) is 8.19. The molecular weight excluding hydrogens is 280 g/mol. The van der Waals surface area contributed by atoms with Crippen LogP contribution < -0.4 is 15.0 Å². The van der Waals surface area contributed by atoms with E-state index in [1.165, 1.54) is 6.92 Å². The summed E-state index contributed by atoms with van der Waals surface area (Å²) in [7, 11) is 1.68. The molecule has 1 aliphatic rings. The number of benzene rings is 1. The van der Waals surface area contributed by atoms with Gasteiger partial charge < -0.3 is 19.7 Å². The Morgan fingerprint density at radius 3 is 2.55 bits per heavy atom. The molecule has 22 heavy (non-hydrogen) atoms. The van der Waals surface area contributed by atoms with Crippen molar-refractivity contribution in [2.45, 2.75) is 38.6 Å². The van der Waals surface area contributed by atoms with Gasteiger partial charge in [0.25, 0.3) is 0 Å². The Bertz CT molecular complexity index is 522. The molecule has 0 saturated carbocycles. The zero-order chi connectivity index (χ0) is 15.9. The molecule has 1 saturated heterocycles. The van der Waals surface area contributed by atoms with E-state index in [1.807, 2.05) is 18.2 Å². The van der Waals surface area contributed by atoms with Crippen LogP contribution in [0.3, 0.4) is 0 Å². The van der Waals surface area contributed by atoms with Crippen molar-refractivity contribution in [1.82, 2.24) is 5.32 Å². The molecule has 1 aromatic carbocycles. The number of methoxy groups -OCH3 is 1. The molecule has 5 heteroatoms. The third kappa shape index (κ3) is 4.48. The Morgan fingerprint density at radius 2 is 1.91 bits per heavy atom. The lowest BCUT2D eigenvalue weighted by molar-refractivity contribution is -0.125.